The van der Waals surface area contributed by atoms with Gasteiger partial charge in [0.1, 0.15) is 0 Å². The minimum Gasteiger partial charge on any atom is -0.0843 e. The van der Waals surface area contributed by atoms with Crippen molar-refractivity contribution in [1.29, 1.82) is 0 Å². The number of hydrogen-bond donors (Lipinski definition) is 0. The lowest BCUT2D eigenvalue weighted by Crippen LogP contribution is -2.02. The molecule has 0 aliphatic rings. The van der Waals surface area contributed by atoms with E-state index in [1.165, 1.54) is 5.56 Å². The van der Waals surface area contributed by atoms with E-state index in [9.17, 15) is 0 Å². The van der Waals surface area contributed by atoms with E-state index in [1.807, 2.05) is 24.3 Å². The molecule has 16 aromatic rings. The summed E-state index contributed by atoms with van der Waals surface area (Å²) >= 11 is 28.8. The lowest BCUT2D eigenvalue weighted by atomic mass is 9.74. The highest BCUT2D eigenvalue weighted by molar-refractivity contribution is 9.11. The quantitative estimate of drug-likeness (QED) is 0.0960. The van der Waals surface area contributed by atoms with Crippen LogP contribution >= 0.6 is 86.9 Å². The second-order valence-corrected chi connectivity index (χ2v) is 29.9. The summed E-state index contributed by atoms with van der Waals surface area (Å²) in [5.41, 5.74) is 33.4. The molecular formula is C96H60Br4Cl2. The molecule has 0 aliphatic carbocycles. The normalized spacial score (nSPS) is 11.2. The summed E-state index contributed by atoms with van der Waals surface area (Å²) in [5, 5.41) is 1.36. The van der Waals surface area contributed by atoms with Crippen LogP contribution in [-0.4, -0.2) is 0 Å². The van der Waals surface area contributed by atoms with Crippen LogP contribution in [0, 0.1) is 0 Å². The molecule has 6 heteroatoms. The van der Waals surface area contributed by atoms with Crippen LogP contribution in [0.4, 0.5) is 0 Å². The molecule has 0 bridgehead atoms. The summed E-state index contributed by atoms with van der Waals surface area (Å²) in [5.74, 6) is 0. The van der Waals surface area contributed by atoms with Gasteiger partial charge in [-0.1, -0.05) is 378 Å². The molecule has 16 rings (SSSR count). The minimum absolute atomic E-state index is 0.678. The van der Waals surface area contributed by atoms with Crippen molar-refractivity contribution in [1.82, 2.24) is 0 Å². The van der Waals surface area contributed by atoms with Crippen molar-refractivity contribution < 1.29 is 0 Å². The third kappa shape index (κ3) is 13.5. The van der Waals surface area contributed by atoms with Gasteiger partial charge < -0.3 is 0 Å². The molecule has 0 heterocycles. The Labute approximate surface area is 639 Å². The maximum absolute atomic E-state index is 6.82. The first-order valence-electron chi connectivity index (χ1n) is 33.7. The van der Waals surface area contributed by atoms with E-state index in [4.69, 9.17) is 23.2 Å². The second-order valence-electron chi connectivity index (χ2n) is 25.3. The third-order valence-corrected chi connectivity index (χ3v) is 21.8. The minimum atomic E-state index is 0.678. The maximum atomic E-state index is 6.82. The molecule has 0 aromatic heterocycles. The Kier molecular flexibility index (Phi) is 19.3. The standard InChI is InChI=1S/C96H60Br4Cl2/c97-79-49-37-73(38-50-79)91-87(69-19-11-4-12-20-69)95(77-45-57-83(101)58-46-77)94(76-43-55-82(100)56-44-76)90(93(91)75-41-53-81(99)54-42-75)72-35-29-66(30-36-72)64-23-21-63(22-24-64)65-27-33-71(34-28-65)89-86(68-17-9-3-10-18-68)85(67-15-7-2-8-16-67)88(70-31-25-62(26-32-70)61-13-5-1-6-14-61)92(74-39-51-80(98)52-40-74)96(89)78-47-59-84(102)60-48-78/h1-60H. The molecule has 0 unspecified atom stereocenters. The first-order valence-corrected chi connectivity index (χ1v) is 37.7. The van der Waals surface area contributed by atoms with E-state index >= 15 is 0 Å². The van der Waals surface area contributed by atoms with Crippen LogP contribution in [0.1, 0.15) is 0 Å². The van der Waals surface area contributed by atoms with E-state index in [-0.39, 0.29) is 0 Å². The Morgan fingerprint density at radius 2 is 0.225 bits per heavy atom. The van der Waals surface area contributed by atoms with Gasteiger partial charge in [0.25, 0.3) is 0 Å². The molecule has 0 spiro atoms. The van der Waals surface area contributed by atoms with E-state index < -0.39 is 0 Å². The van der Waals surface area contributed by atoms with Gasteiger partial charge in [0.05, 0.1) is 0 Å². The maximum Gasteiger partial charge on any atom is 0.0406 e. The summed E-state index contributed by atoms with van der Waals surface area (Å²) in [7, 11) is 0. The summed E-state index contributed by atoms with van der Waals surface area (Å²) in [6.07, 6.45) is 0. The van der Waals surface area contributed by atoms with Gasteiger partial charge in [-0.25, -0.2) is 0 Å². The van der Waals surface area contributed by atoms with Crippen LogP contribution in [0.3, 0.4) is 0 Å². The Balaban J connectivity index is 0.855. The van der Waals surface area contributed by atoms with Gasteiger partial charge in [-0.15, -0.1) is 0 Å². The Morgan fingerprint density at radius 3 is 0.392 bits per heavy atom. The van der Waals surface area contributed by atoms with E-state index in [0.717, 1.165) is 179 Å². The number of benzene rings is 16. The molecule has 0 saturated heterocycles. The summed E-state index contributed by atoms with van der Waals surface area (Å²) in [4.78, 5) is 0. The van der Waals surface area contributed by atoms with Gasteiger partial charge in [0.2, 0.25) is 0 Å². The lowest BCUT2D eigenvalue weighted by molar-refractivity contribution is 1.50. The highest BCUT2D eigenvalue weighted by Gasteiger charge is 2.32. The van der Waals surface area contributed by atoms with Crippen molar-refractivity contribution in [2.75, 3.05) is 0 Å². The average molecular weight is 1600 g/mol. The molecular weight excluding hydrogens is 1540 g/mol. The van der Waals surface area contributed by atoms with Crippen molar-refractivity contribution in [2.45, 2.75) is 0 Å². The zero-order valence-electron chi connectivity index (χ0n) is 54.9. The number of hydrogen-bond acceptors (Lipinski definition) is 0. The molecule has 102 heavy (non-hydrogen) atoms. The van der Waals surface area contributed by atoms with Crippen LogP contribution < -0.4 is 0 Å². The fourth-order valence-electron chi connectivity index (χ4n) is 14.5. The molecule has 16 aromatic carbocycles. The average Bonchev–Trinajstić information content (AvgIpc) is 0.722. The highest BCUT2D eigenvalue weighted by Crippen LogP contribution is 2.59. The molecule has 0 aliphatic heterocycles. The van der Waals surface area contributed by atoms with Gasteiger partial charge in [-0.3, -0.25) is 0 Å². The first kappa shape index (κ1) is 66.6. The summed E-state index contributed by atoms with van der Waals surface area (Å²) < 4.78 is 4.03. The van der Waals surface area contributed by atoms with Gasteiger partial charge >= 0.3 is 0 Å². The SMILES string of the molecule is Clc1ccc(-c2c(-c3ccccc3)c(-c3ccc(Br)cc3)c(-c3ccc(Br)cc3)c(-c3ccc(-c4ccc(-c5ccc(-c6c(-c7ccccc7)c(-c7ccccc7)c(-c7ccc(-c8ccccc8)cc7)c(-c7ccc(Br)cc7)c6-c6ccc(Cl)cc6)cc5)cc4)cc3)c2-c2ccc(Br)cc2)cc1. The largest absolute Gasteiger partial charge is 0.0843 e. The van der Waals surface area contributed by atoms with Gasteiger partial charge in [0, 0.05) is 27.9 Å². The van der Waals surface area contributed by atoms with Gasteiger partial charge in [-0.05, 0) is 240 Å². The first-order chi connectivity index (χ1) is 50.1. The zero-order valence-corrected chi connectivity index (χ0v) is 62.8. The molecule has 0 amide bonds. The fourth-order valence-corrected chi connectivity index (χ4v) is 15.8. The zero-order chi connectivity index (χ0) is 69.2. The third-order valence-electron chi connectivity index (χ3n) is 19.2. The monoisotopic (exact) mass is 1600 g/mol. The van der Waals surface area contributed by atoms with E-state index in [0.29, 0.717) is 10.0 Å². The van der Waals surface area contributed by atoms with Crippen LogP contribution in [0.15, 0.2) is 382 Å². The fraction of sp³-hybridized carbons (Fsp3) is 0. The smallest absolute Gasteiger partial charge is 0.0406 e. The number of rotatable bonds is 15. The molecule has 0 atom stereocenters. The lowest BCUT2D eigenvalue weighted by Gasteiger charge is -2.29. The van der Waals surface area contributed by atoms with Crippen molar-refractivity contribution in [3.8, 4) is 167 Å². The van der Waals surface area contributed by atoms with Crippen LogP contribution in [0.2, 0.25) is 10.0 Å². The second kappa shape index (κ2) is 29.5. The van der Waals surface area contributed by atoms with Crippen LogP contribution in [0.25, 0.3) is 167 Å². The van der Waals surface area contributed by atoms with Gasteiger partial charge in [-0.2, -0.15) is 0 Å². The summed E-state index contributed by atoms with van der Waals surface area (Å²) in [6.45, 7) is 0. The predicted molar refractivity (Wildman–Crippen MR) is 449 cm³/mol. The van der Waals surface area contributed by atoms with Crippen molar-refractivity contribution in [2.24, 2.45) is 0 Å². The van der Waals surface area contributed by atoms with E-state index in [2.05, 4.69) is 403 Å². The Hall–Kier alpha value is -9.98. The molecule has 0 fully saturated rings. The highest BCUT2D eigenvalue weighted by atomic mass is 79.9. The predicted octanol–water partition coefficient (Wildman–Crippen LogP) is 31.0. The van der Waals surface area contributed by atoms with Crippen LogP contribution in [0.5, 0.6) is 0 Å². The molecule has 0 N–H and O–H groups in total. The molecule has 0 saturated carbocycles. The summed E-state index contributed by atoms with van der Waals surface area (Å²) in [6, 6.07) is 132. The van der Waals surface area contributed by atoms with Crippen molar-refractivity contribution in [3.05, 3.63) is 392 Å². The molecule has 486 valence electrons. The number of halogens is 6. The van der Waals surface area contributed by atoms with Crippen molar-refractivity contribution >= 4 is 86.9 Å². The van der Waals surface area contributed by atoms with Crippen LogP contribution in [-0.2, 0) is 0 Å². The Bertz CT molecular complexity index is 5540. The molecule has 0 radical (unpaired) electrons. The Morgan fingerprint density at radius 1 is 0.118 bits per heavy atom. The topological polar surface area (TPSA) is 0 Å². The van der Waals surface area contributed by atoms with E-state index in [1.54, 1.807) is 0 Å². The molecule has 0 nitrogen and oxygen atoms in total. The van der Waals surface area contributed by atoms with Gasteiger partial charge in [0.15, 0.2) is 0 Å². The van der Waals surface area contributed by atoms with Crippen molar-refractivity contribution in [3.63, 3.8) is 0 Å².